The summed E-state index contributed by atoms with van der Waals surface area (Å²) in [6.45, 7) is 0. The molecule has 0 bridgehead atoms. The topological polar surface area (TPSA) is 37.3 Å². The van der Waals surface area contributed by atoms with Gasteiger partial charge in [-0.3, -0.25) is 0 Å². The van der Waals surface area contributed by atoms with Crippen molar-refractivity contribution < 1.29 is 14.3 Å². The Kier molecular flexibility index (Phi) is 4.45. The monoisotopic (exact) mass is 296 g/mol. The number of benzene rings is 2. The number of halogens is 2. The molecule has 0 spiro atoms. The Morgan fingerprint density at radius 3 is 2.47 bits per heavy atom. The zero-order chi connectivity index (χ0) is 13.8. The SMILES string of the molecule is O=C(O)c1ccc(CSc2ccc(F)cc2)c(Cl)c1. The molecule has 0 aliphatic rings. The van der Waals surface area contributed by atoms with Crippen molar-refractivity contribution in [3.8, 4) is 0 Å². The number of carboxylic acid groups (broad SMARTS) is 1. The number of rotatable bonds is 4. The lowest BCUT2D eigenvalue weighted by Gasteiger charge is -2.05. The van der Waals surface area contributed by atoms with Gasteiger partial charge in [0.05, 0.1) is 5.56 Å². The normalized spacial score (nSPS) is 10.4. The zero-order valence-electron chi connectivity index (χ0n) is 9.77. The van der Waals surface area contributed by atoms with Crippen LogP contribution in [0.2, 0.25) is 5.02 Å². The van der Waals surface area contributed by atoms with Crippen LogP contribution in [0, 0.1) is 5.82 Å². The lowest BCUT2D eigenvalue weighted by molar-refractivity contribution is 0.0697. The molecule has 19 heavy (non-hydrogen) atoms. The molecule has 0 aliphatic heterocycles. The van der Waals surface area contributed by atoms with Crippen molar-refractivity contribution in [3.05, 3.63) is 64.4 Å². The average Bonchev–Trinajstić information content (AvgIpc) is 2.39. The van der Waals surface area contributed by atoms with Gasteiger partial charge < -0.3 is 5.11 Å². The van der Waals surface area contributed by atoms with Crippen LogP contribution in [0.25, 0.3) is 0 Å². The Labute approximate surface area is 119 Å². The molecule has 2 aromatic rings. The third-order valence-electron chi connectivity index (χ3n) is 2.51. The summed E-state index contributed by atoms with van der Waals surface area (Å²) in [6.07, 6.45) is 0. The molecule has 5 heteroatoms. The van der Waals surface area contributed by atoms with Crippen molar-refractivity contribution in [2.45, 2.75) is 10.6 Å². The van der Waals surface area contributed by atoms with E-state index in [1.807, 2.05) is 0 Å². The van der Waals surface area contributed by atoms with Crippen molar-refractivity contribution in [1.82, 2.24) is 0 Å². The van der Waals surface area contributed by atoms with Gasteiger partial charge in [0.1, 0.15) is 5.82 Å². The van der Waals surface area contributed by atoms with Crippen molar-refractivity contribution in [1.29, 1.82) is 0 Å². The summed E-state index contributed by atoms with van der Waals surface area (Å²) in [5.74, 6) is -0.669. The molecule has 0 amide bonds. The van der Waals surface area contributed by atoms with Crippen molar-refractivity contribution in [2.75, 3.05) is 0 Å². The Bertz CT molecular complexity index is 599. The van der Waals surface area contributed by atoms with Crippen molar-refractivity contribution >= 4 is 29.3 Å². The van der Waals surface area contributed by atoms with Gasteiger partial charge in [0.15, 0.2) is 0 Å². The van der Waals surface area contributed by atoms with Gasteiger partial charge in [0.25, 0.3) is 0 Å². The lowest BCUT2D eigenvalue weighted by Crippen LogP contribution is -1.96. The molecule has 0 radical (unpaired) electrons. The first-order valence-corrected chi connectivity index (χ1v) is 6.83. The molecule has 0 saturated carbocycles. The first-order valence-electron chi connectivity index (χ1n) is 5.46. The van der Waals surface area contributed by atoms with E-state index in [0.717, 1.165) is 10.5 Å². The maximum absolute atomic E-state index is 12.7. The summed E-state index contributed by atoms with van der Waals surface area (Å²) < 4.78 is 12.7. The van der Waals surface area contributed by atoms with E-state index >= 15 is 0 Å². The number of hydrogen-bond acceptors (Lipinski definition) is 2. The van der Waals surface area contributed by atoms with Gasteiger partial charge in [-0.25, -0.2) is 9.18 Å². The van der Waals surface area contributed by atoms with Crippen LogP contribution in [0.15, 0.2) is 47.4 Å². The van der Waals surface area contributed by atoms with E-state index in [9.17, 15) is 9.18 Å². The molecule has 0 saturated heterocycles. The summed E-state index contributed by atoms with van der Waals surface area (Å²) >= 11 is 7.54. The minimum atomic E-state index is -1.00. The second-order valence-electron chi connectivity index (χ2n) is 3.85. The highest BCUT2D eigenvalue weighted by Crippen LogP contribution is 2.27. The van der Waals surface area contributed by atoms with E-state index in [2.05, 4.69) is 0 Å². The third kappa shape index (κ3) is 3.72. The average molecular weight is 297 g/mol. The van der Waals surface area contributed by atoms with Gasteiger partial charge in [-0.05, 0) is 42.0 Å². The lowest BCUT2D eigenvalue weighted by atomic mass is 10.1. The first kappa shape index (κ1) is 13.9. The van der Waals surface area contributed by atoms with E-state index < -0.39 is 5.97 Å². The van der Waals surface area contributed by atoms with E-state index in [-0.39, 0.29) is 11.4 Å². The van der Waals surface area contributed by atoms with Gasteiger partial charge in [0, 0.05) is 15.7 Å². The van der Waals surface area contributed by atoms with Crippen LogP contribution in [0.1, 0.15) is 15.9 Å². The molecule has 0 aromatic heterocycles. The number of carboxylic acids is 1. The summed E-state index contributed by atoms with van der Waals surface area (Å²) in [4.78, 5) is 11.7. The molecular weight excluding hydrogens is 287 g/mol. The molecule has 0 aliphatic carbocycles. The molecule has 2 nitrogen and oxygen atoms in total. The maximum atomic E-state index is 12.7. The molecule has 98 valence electrons. The predicted molar refractivity (Wildman–Crippen MR) is 74.4 cm³/mol. The molecule has 0 heterocycles. The maximum Gasteiger partial charge on any atom is 0.335 e. The largest absolute Gasteiger partial charge is 0.478 e. The standard InChI is InChI=1S/C14H10ClFO2S/c15-13-7-9(14(17)18)1-2-10(13)8-19-12-5-3-11(16)4-6-12/h1-7H,8H2,(H,17,18). The van der Waals surface area contributed by atoms with Gasteiger partial charge >= 0.3 is 5.97 Å². The molecular formula is C14H10ClFO2S. The van der Waals surface area contributed by atoms with Crippen LogP contribution in [0.3, 0.4) is 0 Å². The summed E-state index contributed by atoms with van der Waals surface area (Å²) in [5, 5.41) is 9.26. The van der Waals surface area contributed by atoms with Gasteiger partial charge in [-0.1, -0.05) is 17.7 Å². The Hall–Kier alpha value is -1.52. The van der Waals surface area contributed by atoms with E-state index in [0.29, 0.717) is 10.8 Å². The fourth-order valence-electron chi connectivity index (χ4n) is 1.49. The van der Waals surface area contributed by atoms with Crippen molar-refractivity contribution in [3.63, 3.8) is 0 Å². The van der Waals surface area contributed by atoms with Crippen molar-refractivity contribution in [2.24, 2.45) is 0 Å². The van der Waals surface area contributed by atoms with Crippen LogP contribution in [-0.2, 0) is 5.75 Å². The second-order valence-corrected chi connectivity index (χ2v) is 5.31. The van der Waals surface area contributed by atoms with Crippen LogP contribution in [0.4, 0.5) is 4.39 Å². The second kappa shape index (κ2) is 6.08. The zero-order valence-corrected chi connectivity index (χ0v) is 11.3. The number of thioether (sulfide) groups is 1. The highest BCUT2D eigenvalue weighted by atomic mass is 35.5. The molecule has 2 aromatic carbocycles. The highest BCUT2D eigenvalue weighted by molar-refractivity contribution is 7.98. The Morgan fingerprint density at radius 1 is 1.21 bits per heavy atom. The highest BCUT2D eigenvalue weighted by Gasteiger charge is 2.07. The molecule has 1 N–H and O–H groups in total. The van der Waals surface area contributed by atoms with Crippen LogP contribution in [-0.4, -0.2) is 11.1 Å². The summed E-state index contributed by atoms with van der Waals surface area (Å²) in [5.41, 5.74) is 1.02. The fraction of sp³-hybridized carbons (Fsp3) is 0.0714. The minimum absolute atomic E-state index is 0.167. The first-order chi connectivity index (χ1) is 9.06. The number of carbonyl (C=O) groups is 1. The number of aromatic carboxylic acids is 1. The molecule has 0 atom stereocenters. The summed E-state index contributed by atoms with van der Waals surface area (Å²) in [6, 6.07) is 10.8. The minimum Gasteiger partial charge on any atom is -0.478 e. The molecule has 2 rings (SSSR count). The van der Waals surface area contributed by atoms with E-state index in [4.69, 9.17) is 16.7 Å². The van der Waals surface area contributed by atoms with Gasteiger partial charge in [-0.2, -0.15) is 0 Å². The third-order valence-corrected chi connectivity index (χ3v) is 3.92. The van der Waals surface area contributed by atoms with E-state index in [1.54, 1.807) is 18.2 Å². The predicted octanol–water partition coefficient (Wildman–Crippen LogP) is 4.47. The van der Waals surface area contributed by atoms with Crippen LogP contribution >= 0.6 is 23.4 Å². The molecule has 0 fully saturated rings. The quantitative estimate of drug-likeness (QED) is 0.846. The summed E-state index contributed by atoms with van der Waals surface area (Å²) in [7, 11) is 0. The van der Waals surface area contributed by atoms with Crippen LogP contribution < -0.4 is 0 Å². The smallest absolute Gasteiger partial charge is 0.335 e. The molecule has 0 unspecified atom stereocenters. The van der Waals surface area contributed by atoms with Gasteiger partial charge in [0.2, 0.25) is 0 Å². The Balaban J connectivity index is 2.07. The van der Waals surface area contributed by atoms with Crippen LogP contribution in [0.5, 0.6) is 0 Å². The van der Waals surface area contributed by atoms with E-state index in [1.165, 1.54) is 36.0 Å². The Morgan fingerprint density at radius 2 is 1.89 bits per heavy atom. The number of hydrogen-bond donors (Lipinski definition) is 1. The fourth-order valence-corrected chi connectivity index (χ4v) is 2.72. The van der Waals surface area contributed by atoms with Gasteiger partial charge in [-0.15, -0.1) is 11.8 Å².